The number of nitrogens with zero attached hydrogens (tertiary/aromatic N) is 6. The Kier molecular flexibility index (Phi) is 22.4. The van der Waals surface area contributed by atoms with Crippen LogP contribution in [0, 0.1) is 0 Å². The number of aromatic nitrogens is 6. The van der Waals surface area contributed by atoms with Crippen LogP contribution in [0.1, 0.15) is 0 Å². The van der Waals surface area contributed by atoms with E-state index in [9.17, 15) is 0 Å². The number of benzene rings is 20. The van der Waals surface area contributed by atoms with E-state index in [0.29, 0.717) is 5.89 Å². The van der Waals surface area contributed by atoms with Gasteiger partial charge in [0.15, 0.2) is 18.5 Å². The Morgan fingerprint density at radius 2 is 0.472 bits per heavy atom. The van der Waals surface area contributed by atoms with Crippen molar-refractivity contribution in [1.82, 2.24) is 29.9 Å². The fraction of sp³-hybridized carbons (Fsp3) is 0. The van der Waals surface area contributed by atoms with Gasteiger partial charge in [-0.2, -0.15) is 0 Å². The molecule has 0 saturated carbocycles. The smallest absolute Gasteiger partial charge is 0.227 e. The fourth-order valence-corrected chi connectivity index (χ4v) is 27.1. The quantitative estimate of drug-likeness (QED) is 0.0934. The number of rotatable bonds is 15. The molecule has 0 spiro atoms. The number of para-hydroxylation sites is 6. The van der Waals surface area contributed by atoms with Crippen molar-refractivity contribution in [3.63, 3.8) is 0 Å². The molecule has 0 amide bonds. The Hall–Kier alpha value is -17.7. The minimum Gasteiger partial charge on any atom is -0.436 e. The van der Waals surface area contributed by atoms with E-state index < -0.39 is 7.14 Å². The van der Waals surface area contributed by atoms with Gasteiger partial charge in [-0.05, 0) is 132 Å². The van der Waals surface area contributed by atoms with Crippen LogP contribution < -0.4 is 15.9 Å². The Morgan fingerprint density at radius 3 is 0.854 bits per heavy atom. The zero-order chi connectivity index (χ0) is 95.6. The normalized spacial score (nSPS) is 11.6. The maximum atomic E-state index is 15.2. The van der Waals surface area contributed by atoms with Gasteiger partial charge >= 0.3 is 0 Å². The summed E-state index contributed by atoms with van der Waals surface area (Å²) in [6.07, 6.45) is 0. The van der Waals surface area contributed by atoms with Gasteiger partial charge in [0.25, 0.3) is 0 Å². The molecule has 0 atom stereocenters. The Bertz CT molecular complexity index is 9780. The van der Waals surface area contributed by atoms with Crippen LogP contribution in [-0.2, 0) is 4.57 Å². The highest BCUT2D eigenvalue weighted by atomic mass is 32.1. The summed E-state index contributed by atoms with van der Waals surface area (Å²) >= 11 is 5.54. The maximum absolute atomic E-state index is 15.2. The van der Waals surface area contributed by atoms with E-state index in [2.05, 4.69) is 388 Å². The van der Waals surface area contributed by atoms with Crippen LogP contribution in [-0.4, -0.2) is 29.9 Å². The standard InChI is InChI=1S/C47H29N3S.C45H30NOPS.C40H24N2OS/c1-3-14-32(15-4-1)44-42-41(45(36-28-23-30-13-7-8-18-35(30)29-36)51-46(42)38-20-10-12-22-40(38)48-44)31-24-26-33(27-25-31)43-37-19-9-11-21-39(37)49-47(50-43)34-16-5-2-6-17-34;47-48(36-18-6-2-7-19-36,37-20-8-3-9-21-37)38-28-26-32(27-29-38)41-42-43(33-15-4-1-5-16-33)46-40-23-13-12-22-39(40)45(42)49-44(41)35-25-24-31-14-10-11-17-34(31)30-35;1-2-11-27(12-3-1)37-36-35(26-19-21-28(22-20-26)40-42-33-16-8-9-17-34(33)43-40)38(30-23-18-25-10-4-5-13-29(25)24-30)44-39(36)31-14-6-7-15-32(31)41-37/h1-29H;1-30H;1-24H. The molecule has 8 nitrogen and oxygen atoms in total. The Morgan fingerprint density at radius 1 is 0.194 bits per heavy atom. The molecule has 676 valence electrons. The minimum atomic E-state index is -3.12. The summed E-state index contributed by atoms with van der Waals surface area (Å²) in [6.45, 7) is 0. The summed E-state index contributed by atoms with van der Waals surface area (Å²) in [6, 6.07) is 175. The lowest BCUT2D eigenvalue weighted by Crippen LogP contribution is -2.24. The van der Waals surface area contributed by atoms with Crippen molar-refractivity contribution in [2.75, 3.05) is 0 Å². The number of hydrogen-bond donors (Lipinski definition) is 0. The zero-order valence-corrected chi connectivity index (χ0v) is 80.9. The lowest BCUT2D eigenvalue weighted by Gasteiger charge is -2.20. The van der Waals surface area contributed by atoms with Crippen LogP contribution in [0.4, 0.5) is 0 Å². The van der Waals surface area contributed by atoms with Crippen molar-refractivity contribution in [3.8, 4) is 133 Å². The SMILES string of the molecule is O=P(c1ccccc1)(c1ccccc1)c1ccc(-c2c(-c3ccc4ccccc4c3)sc3c2c(-c2ccccc2)nc2ccccc23)cc1.c1ccc(-c2nc(-c3ccc(-c4c(-c5ccc6ccccc6c5)sc5c4c(-c4ccccc4)nc4ccccc45)cc3)c3ccccc3n2)cc1.c1ccc(-c2nc3ccccc3c3sc(-c4ccc5ccccc5c4)c(-c4ccc(-c5nc6ccccc6o5)cc4)c23)cc1. The highest BCUT2D eigenvalue weighted by Crippen LogP contribution is 2.56. The molecule has 144 heavy (non-hydrogen) atoms. The lowest BCUT2D eigenvalue weighted by atomic mass is 9.93. The number of thiophene rings is 3. The summed E-state index contributed by atoms with van der Waals surface area (Å²) in [5, 5.41) is 17.8. The first-order valence-electron chi connectivity index (χ1n) is 48.2. The molecule has 8 heterocycles. The summed E-state index contributed by atoms with van der Waals surface area (Å²) in [5.74, 6) is 1.35. The largest absolute Gasteiger partial charge is 0.436 e. The van der Waals surface area contributed by atoms with Crippen LogP contribution in [0.25, 0.3) is 250 Å². The minimum absolute atomic E-state index is 0.625. The predicted molar refractivity (Wildman–Crippen MR) is 609 cm³/mol. The van der Waals surface area contributed by atoms with Crippen molar-refractivity contribution in [1.29, 1.82) is 0 Å². The third kappa shape index (κ3) is 15.9. The molecule has 8 aromatic heterocycles. The first-order chi connectivity index (χ1) is 71.3. The van der Waals surface area contributed by atoms with Crippen LogP contribution in [0.2, 0.25) is 0 Å². The number of fused-ring (bicyclic) bond motifs is 14. The van der Waals surface area contributed by atoms with Gasteiger partial charge in [0.2, 0.25) is 5.89 Å². The first-order valence-corrected chi connectivity index (χ1v) is 52.3. The molecule has 0 aliphatic carbocycles. The van der Waals surface area contributed by atoms with Crippen molar-refractivity contribution in [3.05, 3.63) is 504 Å². The molecule has 0 unspecified atom stereocenters. The summed E-state index contributed by atoms with van der Waals surface area (Å²) in [4.78, 5) is 34.4. The molecule has 0 aliphatic rings. The van der Waals surface area contributed by atoms with E-state index in [-0.39, 0.29) is 0 Å². The summed E-state index contributed by atoms with van der Waals surface area (Å²) < 4.78 is 25.0. The van der Waals surface area contributed by atoms with E-state index in [1.165, 1.54) is 110 Å². The average Bonchev–Trinajstić information content (AvgIpc) is 1.55. The number of oxazole rings is 1. The highest BCUT2D eigenvalue weighted by Gasteiger charge is 2.33. The Balaban J connectivity index is 0.000000110. The van der Waals surface area contributed by atoms with Gasteiger partial charge < -0.3 is 8.98 Å². The second kappa shape index (κ2) is 37.2. The Labute approximate surface area is 842 Å². The van der Waals surface area contributed by atoms with E-state index >= 15 is 4.57 Å². The van der Waals surface area contributed by atoms with Crippen LogP contribution >= 0.6 is 41.2 Å². The maximum Gasteiger partial charge on any atom is 0.227 e. The zero-order valence-electron chi connectivity index (χ0n) is 77.6. The number of pyridine rings is 3. The van der Waals surface area contributed by atoms with Gasteiger partial charge in [0.05, 0.1) is 44.8 Å². The first kappa shape index (κ1) is 86.6. The van der Waals surface area contributed by atoms with Crippen LogP contribution in [0.15, 0.2) is 508 Å². The second-order valence-corrected chi connectivity index (χ2v) is 41.8. The van der Waals surface area contributed by atoms with Crippen molar-refractivity contribution >= 4 is 174 Å². The van der Waals surface area contributed by atoms with Crippen molar-refractivity contribution in [2.45, 2.75) is 0 Å². The van der Waals surface area contributed by atoms with Crippen molar-refractivity contribution in [2.24, 2.45) is 0 Å². The van der Waals surface area contributed by atoms with Gasteiger partial charge in [0, 0.05) is 132 Å². The molecule has 0 fully saturated rings. The van der Waals surface area contributed by atoms with Gasteiger partial charge in [-0.3, -0.25) is 0 Å². The third-order valence-corrected chi connectivity index (χ3v) is 34.2. The molecule has 0 bridgehead atoms. The summed E-state index contributed by atoms with van der Waals surface area (Å²) in [5.41, 5.74) is 26.2. The summed E-state index contributed by atoms with van der Waals surface area (Å²) in [7, 11) is -3.12. The highest BCUT2D eigenvalue weighted by molar-refractivity contribution is 7.85. The predicted octanol–water partition coefficient (Wildman–Crippen LogP) is 35.5. The molecule has 0 aliphatic heterocycles. The third-order valence-electron chi connectivity index (χ3n) is 27.3. The molecule has 28 rings (SSSR count). The van der Waals surface area contributed by atoms with E-state index in [1.54, 1.807) is 0 Å². The monoisotopic (exact) mass is 1910 g/mol. The fourth-order valence-electron chi connectivity index (χ4n) is 20.3. The molecule has 0 N–H and O–H groups in total. The number of hydrogen-bond acceptors (Lipinski definition) is 11. The van der Waals surface area contributed by atoms with Crippen LogP contribution in [0.3, 0.4) is 0 Å². The topological polar surface area (TPSA) is 108 Å². The average molecular weight is 1910 g/mol. The molecule has 0 saturated heterocycles. The lowest BCUT2D eigenvalue weighted by molar-refractivity contribution is 0.592. The van der Waals surface area contributed by atoms with E-state index in [4.69, 9.17) is 34.3 Å². The van der Waals surface area contributed by atoms with E-state index in [0.717, 1.165) is 149 Å². The molecule has 20 aromatic carbocycles. The molecule has 28 aromatic rings. The van der Waals surface area contributed by atoms with Crippen LogP contribution in [0.5, 0.6) is 0 Å². The van der Waals surface area contributed by atoms with Gasteiger partial charge in [-0.15, -0.1) is 34.0 Å². The molecule has 0 radical (unpaired) electrons. The molecular weight excluding hydrogens is 1830 g/mol. The molecule has 12 heteroatoms. The second-order valence-electron chi connectivity index (χ2n) is 36.0. The van der Waals surface area contributed by atoms with Gasteiger partial charge in [-0.25, -0.2) is 29.9 Å². The van der Waals surface area contributed by atoms with Gasteiger partial charge in [0.1, 0.15) is 5.52 Å². The van der Waals surface area contributed by atoms with Crippen molar-refractivity contribution < 1.29 is 8.98 Å². The molecular formula is C132H83N6O2PS3. The van der Waals surface area contributed by atoms with E-state index in [1.807, 2.05) is 149 Å². The van der Waals surface area contributed by atoms with Gasteiger partial charge in [-0.1, -0.05) is 437 Å².